The van der Waals surface area contributed by atoms with Crippen molar-refractivity contribution in [1.29, 1.82) is 0 Å². The molecule has 37 heavy (non-hydrogen) atoms. The molecule has 13 heteroatoms. The smallest absolute Gasteiger partial charge is 0.322 e. The summed E-state index contributed by atoms with van der Waals surface area (Å²) < 4.78 is 54.3. The molecule has 198 valence electrons. The summed E-state index contributed by atoms with van der Waals surface area (Å²) in [6.45, 7) is 0.359. The maximum Gasteiger partial charge on any atom is 0.322 e. The van der Waals surface area contributed by atoms with E-state index in [1.54, 1.807) is 24.3 Å². The molecule has 2 heterocycles. The van der Waals surface area contributed by atoms with Gasteiger partial charge in [0.25, 0.3) is 0 Å². The number of methoxy groups -OCH3 is 4. The van der Waals surface area contributed by atoms with Crippen molar-refractivity contribution in [3.05, 3.63) is 36.4 Å². The van der Waals surface area contributed by atoms with Gasteiger partial charge in [-0.15, -0.1) is 5.10 Å². The standard InChI is InChI=1S/C24H28N4O8S/c1-32-17-7-9-18(10-8-17)37(30,31)28-11-5-6-15(14-28)22(29)25-24-27-26-23(36-24)16-12-19(33-2)21(35-4)20(13-16)34-3/h7-10,12-13,15H,5-6,11,14H2,1-4H3,(H,25,27,29). The number of ether oxygens (including phenoxy) is 4. The van der Waals surface area contributed by atoms with Crippen molar-refractivity contribution >= 4 is 21.9 Å². The van der Waals surface area contributed by atoms with Gasteiger partial charge < -0.3 is 23.4 Å². The summed E-state index contributed by atoms with van der Waals surface area (Å²) in [5, 5.41) is 10.5. The number of carbonyl (C=O) groups excluding carboxylic acids is 1. The lowest BCUT2D eigenvalue weighted by Gasteiger charge is -2.30. The van der Waals surface area contributed by atoms with Crippen LogP contribution >= 0.6 is 0 Å². The second-order valence-electron chi connectivity index (χ2n) is 8.19. The Balaban J connectivity index is 1.46. The zero-order chi connectivity index (χ0) is 26.6. The molecule has 12 nitrogen and oxygen atoms in total. The lowest BCUT2D eigenvalue weighted by Crippen LogP contribution is -2.43. The first-order chi connectivity index (χ1) is 17.8. The first kappa shape index (κ1) is 26.2. The molecular weight excluding hydrogens is 504 g/mol. The van der Waals surface area contributed by atoms with Crippen LogP contribution in [0, 0.1) is 5.92 Å². The molecule has 0 radical (unpaired) electrons. The fourth-order valence-corrected chi connectivity index (χ4v) is 5.60. The predicted octanol–water partition coefficient (Wildman–Crippen LogP) is 2.81. The second-order valence-corrected chi connectivity index (χ2v) is 10.1. The monoisotopic (exact) mass is 532 g/mol. The number of aromatic nitrogens is 2. The third kappa shape index (κ3) is 5.47. The Morgan fingerprint density at radius 3 is 2.27 bits per heavy atom. The minimum absolute atomic E-state index is 0.0358. The molecule has 1 atom stereocenters. The fraction of sp³-hybridized carbons (Fsp3) is 0.375. The summed E-state index contributed by atoms with van der Waals surface area (Å²) in [6.07, 6.45) is 1.06. The molecule has 2 aromatic carbocycles. The maximum absolute atomic E-state index is 13.1. The normalized spacial score (nSPS) is 16.2. The first-order valence-corrected chi connectivity index (χ1v) is 12.8. The molecule has 1 amide bonds. The van der Waals surface area contributed by atoms with Gasteiger partial charge in [0.1, 0.15) is 5.75 Å². The number of anilines is 1. The van der Waals surface area contributed by atoms with Crippen molar-refractivity contribution in [2.75, 3.05) is 46.8 Å². The van der Waals surface area contributed by atoms with E-state index < -0.39 is 21.8 Å². The molecular formula is C24H28N4O8S. The average Bonchev–Trinajstić information content (AvgIpc) is 3.40. The topological polar surface area (TPSA) is 142 Å². The minimum Gasteiger partial charge on any atom is -0.497 e. The Labute approximate surface area is 214 Å². The third-order valence-corrected chi connectivity index (χ3v) is 7.90. The van der Waals surface area contributed by atoms with Crippen LogP contribution in [0.25, 0.3) is 11.5 Å². The summed E-state index contributed by atoms with van der Waals surface area (Å²) in [5.41, 5.74) is 0.497. The number of nitrogens with one attached hydrogen (secondary N) is 1. The van der Waals surface area contributed by atoms with E-state index in [0.717, 1.165) is 0 Å². The summed E-state index contributed by atoms with van der Waals surface area (Å²) in [6, 6.07) is 9.32. The Kier molecular flexibility index (Phi) is 7.83. The second kappa shape index (κ2) is 11.0. The average molecular weight is 533 g/mol. The molecule has 0 saturated carbocycles. The zero-order valence-corrected chi connectivity index (χ0v) is 21.7. The van der Waals surface area contributed by atoms with Crippen molar-refractivity contribution < 1.29 is 36.6 Å². The molecule has 0 bridgehead atoms. The Morgan fingerprint density at radius 1 is 1.00 bits per heavy atom. The number of amides is 1. The van der Waals surface area contributed by atoms with Crippen LogP contribution < -0.4 is 24.3 Å². The van der Waals surface area contributed by atoms with Crippen LogP contribution in [0.1, 0.15) is 12.8 Å². The number of nitrogens with zero attached hydrogens (tertiary/aromatic N) is 3. The Hall–Kier alpha value is -3.84. The van der Waals surface area contributed by atoms with Crippen molar-refractivity contribution in [2.24, 2.45) is 5.92 Å². The van der Waals surface area contributed by atoms with Gasteiger partial charge >= 0.3 is 6.01 Å². The van der Waals surface area contributed by atoms with Crippen LogP contribution in [0.4, 0.5) is 6.01 Å². The van der Waals surface area contributed by atoms with E-state index >= 15 is 0 Å². The van der Waals surface area contributed by atoms with Crippen LogP contribution in [0.2, 0.25) is 0 Å². The van der Waals surface area contributed by atoms with Gasteiger partial charge in [-0.1, -0.05) is 5.10 Å². The molecule has 1 unspecified atom stereocenters. The number of hydrogen-bond acceptors (Lipinski definition) is 10. The molecule has 1 saturated heterocycles. The number of rotatable bonds is 9. The fourth-order valence-electron chi connectivity index (χ4n) is 4.07. The van der Waals surface area contributed by atoms with Crippen molar-refractivity contribution in [1.82, 2.24) is 14.5 Å². The third-order valence-electron chi connectivity index (χ3n) is 6.02. The number of benzene rings is 2. The molecule has 3 aromatic rings. The van der Waals surface area contributed by atoms with Gasteiger partial charge in [-0.05, 0) is 49.2 Å². The molecule has 1 aliphatic rings. The molecule has 1 N–H and O–H groups in total. The van der Waals surface area contributed by atoms with Crippen LogP contribution in [0.3, 0.4) is 0 Å². The van der Waals surface area contributed by atoms with E-state index in [9.17, 15) is 13.2 Å². The minimum atomic E-state index is -3.76. The van der Waals surface area contributed by atoms with E-state index in [4.69, 9.17) is 23.4 Å². The van der Waals surface area contributed by atoms with E-state index in [1.165, 1.54) is 44.9 Å². The van der Waals surface area contributed by atoms with Crippen molar-refractivity contribution in [3.63, 3.8) is 0 Å². The largest absolute Gasteiger partial charge is 0.497 e. The summed E-state index contributed by atoms with van der Waals surface area (Å²) in [5.74, 6) is 0.908. The zero-order valence-electron chi connectivity index (χ0n) is 20.9. The summed E-state index contributed by atoms with van der Waals surface area (Å²) in [7, 11) is 2.22. The molecule has 0 aliphatic carbocycles. The molecule has 4 rings (SSSR count). The van der Waals surface area contributed by atoms with Crippen LogP contribution in [0.15, 0.2) is 45.7 Å². The quantitative estimate of drug-likeness (QED) is 0.437. The highest BCUT2D eigenvalue weighted by atomic mass is 32.2. The summed E-state index contributed by atoms with van der Waals surface area (Å²) >= 11 is 0. The Morgan fingerprint density at radius 2 is 1.68 bits per heavy atom. The number of piperidine rings is 1. The highest BCUT2D eigenvalue weighted by molar-refractivity contribution is 7.89. The van der Waals surface area contributed by atoms with Crippen LogP contribution in [-0.4, -0.2) is 70.4 Å². The van der Waals surface area contributed by atoms with Gasteiger partial charge in [-0.2, -0.15) is 4.31 Å². The number of sulfonamides is 1. The molecule has 0 spiro atoms. The molecule has 1 fully saturated rings. The Bertz CT molecular complexity index is 1330. The van der Waals surface area contributed by atoms with Gasteiger partial charge in [0, 0.05) is 18.7 Å². The van der Waals surface area contributed by atoms with Gasteiger partial charge in [-0.25, -0.2) is 8.42 Å². The SMILES string of the molecule is COc1ccc(S(=O)(=O)N2CCCC(C(=O)Nc3nnc(-c4cc(OC)c(OC)c(OC)c4)o3)C2)cc1. The lowest BCUT2D eigenvalue weighted by atomic mass is 9.99. The van der Waals surface area contributed by atoms with E-state index in [0.29, 0.717) is 47.9 Å². The predicted molar refractivity (Wildman–Crippen MR) is 132 cm³/mol. The lowest BCUT2D eigenvalue weighted by molar-refractivity contribution is -0.121. The molecule has 1 aliphatic heterocycles. The summed E-state index contributed by atoms with van der Waals surface area (Å²) in [4.78, 5) is 13.1. The van der Waals surface area contributed by atoms with E-state index in [-0.39, 0.29) is 23.3 Å². The van der Waals surface area contributed by atoms with Gasteiger partial charge in [0.2, 0.25) is 27.6 Å². The van der Waals surface area contributed by atoms with Gasteiger partial charge in [0.05, 0.1) is 39.3 Å². The van der Waals surface area contributed by atoms with E-state index in [1.807, 2.05) is 0 Å². The van der Waals surface area contributed by atoms with E-state index in [2.05, 4.69) is 15.5 Å². The number of carbonyl (C=O) groups is 1. The van der Waals surface area contributed by atoms with Crippen LogP contribution in [0.5, 0.6) is 23.0 Å². The van der Waals surface area contributed by atoms with Crippen LogP contribution in [-0.2, 0) is 14.8 Å². The number of hydrogen-bond donors (Lipinski definition) is 1. The maximum atomic E-state index is 13.1. The van der Waals surface area contributed by atoms with Gasteiger partial charge in [-0.3, -0.25) is 10.1 Å². The highest BCUT2D eigenvalue weighted by Gasteiger charge is 2.34. The first-order valence-electron chi connectivity index (χ1n) is 11.4. The van der Waals surface area contributed by atoms with Gasteiger partial charge in [0.15, 0.2) is 11.5 Å². The molecule has 1 aromatic heterocycles. The van der Waals surface area contributed by atoms with Crippen molar-refractivity contribution in [2.45, 2.75) is 17.7 Å². The highest BCUT2D eigenvalue weighted by Crippen LogP contribution is 2.41. The van der Waals surface area contributed by atoms with Crippen molar-refractivity contribution in [3.8, 4) is 34.5 Å².